The fraction of sp³-hybridized carbons (Fsp3) is 1.00. The van der Waals surface area contributed by atoms with E-state index in [1.54, 1.807) is 0 Å². The predicted octanol–water partition coefficient (Wildman–Crippen LogP) is -0.699. The summed E-state index contributed by atoms with van der Waals surface area (Å²) in [7, 11) is -4.70. The van der Waals surface area contributed by atoms with Gasteiger partial charge >= 0.3 is 0 Å². The van der Waals surface area contributed by atoms with Crippen LogP contribution in [-0.2, 0) is 10.3 Å². The van der Waals surface area contributed by atoms with E-state index in [0.29, 0.717) is 0 Å². The molecule has 1 N–H and O–H groups in total. The molecule has 0 bridgehead atoms. The van der Waals surface area contributed by atoms with Gasteiger partial charge in [-0.15, -0.1) is 0 Å². The maximum absolute atomic E-state index is 11.1. The highest BCUT2D eigenvalue weighted by molar-refractivity contribution is 7.83. The predicted molar refractivity (Wildman–Crippen MR) is 23.7 cm³/mol. The molecule has 4 nitrogen and oxygen atoms in total. The maximum atomic E-state index is 11.1. The minimum Gasteiger partial charge on any atom is -0.735 e. The summed E-state index contributed by atoms with van der Waals surface area (Å²) in [5.74, 6) is 0. The lowest BCUT2D eigenvalue weighted by molar-refractivity contribution is 0.152. The molecule has 0 heterocycles. The standard InChI is InChI=1S/C2H5F2NO3S/c3-2(4)1-5-9(6,7)8/h2,5H,1H2,(H,6,7,8)/p-1. The summed E-state index contributed by atoms with van der Waals surface area (Å²) in [5.41, 5.74) is 0. The lowest BCUT2D eigenvalue weighted by Crippen LogP contribution is -2.27. The van der Waals surface area contributed by atoms with Gasteiger partial charge < -0.3 is 4.55 Å². The zero-order valence-corrected chi connectivity index (χ0v) is 4.99. The quantitative estimate of drug-likeness (QED) is 0.555. The van der Waals surface area contributed by atoms with Crippen molar-refractivity contribution in [1.29, 1.82) is 0 Å². The van der Waals surface area contributed by atoms with Crippen molar-refractivity contribution in [3.8, 4) is 0 Å². The largest absolute Gasteiger partial charge is 0.735 e. The van der Waals surface area contributed by atoms with E-state index in [2.05, 4.69) is 0 Å². The van der Waals surface area contributed by atoms with E-state index in [1.807, 2.05) is 0 Å². The molecule has 0 saturated carbocycles. The van der Waals surface area contributed by atoms with Crippen LogP contribution in [0.5, 0.6) is 0 Å². The average molecular weight is 160 g/mol. The van der Waals surface area contributed by atoms with Crippen molar-refractivity contribution in [2.75, 3.05) is 6.54 Å². The molecular weight excluding hydrogens is 156 g/mol. The van der Waals surface area contributed by atoms with Crippen LogP contribution in [0.3, 0.4) is 0 Å². The summed E-state index contributed by atoms with van der Waals surface area (Å²) in [6.45, 7) is -1.12. The van der Waals surface area contributed by atoms with E-state index in [4.69, 9.17) is 0 Å². The zero-order valence-electron chi connectivity index (χ0n) is 4.17. The highest BCUT2D eigenvalue weighted by Gasteiger charge is 2.02. The molecule has 0 amide bonds. The Morgan fingerprint density at radius 2 is 2.00 bits per heavy atom. The molecule has 0 rings (SSSR count). The first-order valence-corrected chi connectivity index (χ1v) is 3.31. The Balaban J connectivity index is 3.53. The molecule has 56 valence electrons. The Morgan fingerprint density at radius 1 is 1.56 bits per heavy atom. The molecule has 0 aliphatic carbocycles. The van der Waals surface area contributed by atoms with E-state index in [0.717, 1.165) is 4.72 Å². The molecular formula is C2H4F2NO3S-. The van der Waals surface area contributed by atoms with Crippen molar-refractivity contribution >= 4 is 10.3 Å². The van der Waals surface area contributed by atoms with Gasteiger partial charge in [-0.2, -0.15) is 0 Å². The van der Waals surface area contributed by atoms with Gasteiger partial charge in [0.05, 0.1) is 6.54 Å². The van der Waals surface area contributed by atoms with Crippen molar-refractivity contribution in [3.05, 3.63) is 0 Å². The lowest BCUT2D eigenvalue weighted by atomic mass is 10.7. The van der Waals surface area contributed by atoms with Crippen LogP contribution in [-0.4, -0.2) is 25.9 Å². The van der Waals surface area contributed by atoms with Crippen molar-refractivity contribution in [1.82, 2.24) is 4.72 Å². The van der Waals surface area contributed by atoms with Crippen LogP contribution in [0, 0.1) is 0 Å². The molecule has 0 aliphatic rings. The Hall–Kier alpha value is -0.270. The Kier molecular flexibility index (Phi) is 2.95. The number of nitrogens with one attached hydrogen (secondary N) is 1. The second kappa shape index (κ2) is 3.04. The molecule has 0 aromatic rings. The molecule has 9 heavy (non-hydrogen) atoms. The Labute approximate surface area is 50.7 Å². The molecule has 7 heteroatoms. The fourth-order valence-corrected chi connectivity index (χ4v) is 0.495. The average Bonchev–Trinajstić information content (AvgIpc) is 1.59. The van der Waals surface area contributed by atoms with Crippen LogP contribution in [0.4, 0.5) is 8.78 Å². The second-order valence-electron chi connectivity index (χ2n) is 1.19. The summed E-state index contributed by atoms with van der Waals surface area (Å²) < 4.78 is 51.9. The number of halogens is 2. The molecule has 0 aromatic heterocycles. The van der Waals surface area contributed by atoms with E-state index in [9.17, 15) is 21.8 Å². The molecule has 0 radical (unpaired) electrons. The summed E-state index contributed by atoms with van der Waals surface area (Å²) >= 11 is 0. The normalized spacial score (nSPS) is 12.4. The third-order valence-corrected chi connectivity index (χ3v) is 0.935. The summed E-state index contributed by atoms with van der Waals surface area (Å²) in [6, 6.07) is 0. The van der Waals surface area contributed by atoms with Gasteiger partial charge in [-0.3, -0.25) is 0 Å². The van der Waals surface area contributed by atoms with Gasteiger partial charge in [0.15, 0.2) is 10.3 Å². The van der Waals surface area contributed by atoms with E-state index in [-0.39, 0.29) is 0 Å². The van der Waals surface area contributed by atoms with Crippen molar-refractivity contribution in [3.63, 3.8) is 0 Å². The van der Waals surface area contributed by atoms with Gasteiger partial charge in [0.2, 0.25) is 0 Å². The molecule has 0 aromatic carbocycles. The van der Waals surface area contributed by atoms with E-state index < -0.39 is 23.3 Å². The lowest BCUT2D eigenvalue weighted by Gasteiger charge is -2.06. The molecule has 0 aliphatic heterocycles. The van der Waals surface area contributed by atoms with Gasteiger partial charge in [-0.25, -0.2) is 21.9 Å². The minimum atomic E-state index is -4.70. The Morgan fingerprint density at radius 3 is 2.11 bits per heavy atom. The molecule has 0 atom stereocenters. The van der Waals surface area contributed by atoms with Crippen LogP contribution in [0.25, 0.3) is 0 Å². The topological polar surface area (TPSA) is 69.2 Å². The van der Waals surface area contributed by atoms with Crippen molar-refractivity contribution in [2.45, 2.75) is 6.43 Å². The minimum absolute atomic E-state index is 1.09. The highest BCUT2D eigenvalue weighted by Crippen LogP contribution is 1.88. The maximum Gasteiger partial charge on any atom is 0.251 e. The number of hydrogen-bond acceptors (Lipinski definition) is 3. The first-order chi connectivity index (χ1) is 3.92. The van der Waals surface area contributed by atoms with Gasteiger partial charge in [0.25, 0.3) is 6.43 Å². The van der Waals surface area contributed by atoms with Crippen LogP contribution in [0.2, 0.25) is 0 Å². The second-order valence-corrected chi connectivity index (χ2v) is 2.39. The number of alkyl halides is 2. The molecule has 0 fully saturated rings. The van der Waals surface area contributed by atoms with E-state index >= 15 is 0 Å². The van der Waals surface area contributed by atoms with Crippen LogP contribution in [0.1, 0.15) is 0 Å². The van der Waals surface area contributed by atoms with Crippen LogP contribution in [0.15, 0.2) is 0 Å². The van der Waals surface area contributed by atoms with E-state index in [1.165, 1.54) is 0 Å². The summed E-state index contributed by atoms with van der Waals surface area (Å²) in [6.07, 6.45) is -2.83. The number of rotatable bonds is 3. The molecule has 0 spiro atoms. The fourth-order valence-electron chi connectivity index (χ4n) is 0.165. The first-order valence-electron chi connectivity index (χ1n) is 1.90. The first kappa shape index (κ1) is 8.73. The third-order valence-electron chi connectivity index (χ3n) is 0.414. The van der Waals surface area contributed by atoms with Crippen molar-refractivity contribution < 1.29 is 21.8 Å². The molecule has 0 saturated heterocycles. The summed E-state index contributed by atoms with van der Waals surface area (Å²) in [5, 5.41) is 0. The smallest absolute Gasteiger partial charge is 0.251 e. The third kappa shape index (κ3) is 7.73. The SMILES string of the molecule is O=S(=O)([O-])NCC(F)F. The van der Waals surface area contributed by atoms with Gasteiger partial charge in [-0.05, 0) is 0 Å². The molecule has 0 unspecified atom stereocenters. The zero-order chi connectivity index (χ0) is 7.49. The highest BCUT2D eigenvalue weighted by atomic mass is 32.2. The van der Waals surface area contributed by atoms with Crippen molar-refractivity contribution in [2.24, 2.45) is 0 Å². The Bertz CT molecular complexity index is 165. The van der Waals surface area contributed by atoms with Gasteiger partial charge in [0.1, 0.15) is 0 Å². The number of hydrogen-bond donors (Lipinski definition) is 1. The van der Waals surface area contributed by atoms with Gasteiger partial charge in [0, 0.05) is 0 Å². The monoisotopic (exact) mass is 160 g/mol. The van der Waals surface area contributed by atoms with Crippen LogP contribution < -0.4 is 4.72 Å². The van der Waals surface area contributed by atoms with Crippen LogP contribution >= 0.6 is 0 Å². The van der Waals surface area contributed by atoms with Gasteiger partial charge in [-0.1, -0.05) is 0 Å². The summed E-state index contributed by atoms with van der Waals surface area (Å²) in [4.78, 5) is 0.